The van der Waals surface area contributed by atoms with E-state index in [-0.39, 0.29) is 24.4 Å². The Labute approximate surface area is 233 Å². The fourth-order valence-corrected chi connectivity index (χ4v) is 9.75. The number of hydrogen-bond acceptors (Lipinski definition) is 4. The number of carboxylic acids is 1. The van der Waals surface area contributed by atoms with Gasteiger partial charge in [0.25, 0.3) is 0 Å². The van der Waals surface area contributed by atoms with Crippen molar-refractivity contribution >= 4 is 46.1 Å². The summed E-state index contributed by atoms with van der Waals surface area (Å²) in [5.74, 6) is -2.50. The van der Waals surface area contributed by atoms with Gasteiger partial charge in [-0.25, -0.2) is 4.79 Å². The van der Waals surface area contributed by atoms with Crippen LogP contribution in [0.5, 0.6) is 0 Å². The molecule has 1 heterocycles. The first-order chi connectivity index (χ1) is 19.4. The van der Waals surface area contributed by atoms with Crippen LogP contribution in [0.1, 0.15) is 18.9 Å². The summed E-state index contributed by atoms with van der Waals surface area (Å²) in [5.41, 5.74) is 1.00. The highest BCUT2D eigenvalue weighted by atomic mass is 31.2. The van der Waals surface area contributed by atoms with Crippen LogP contribution in [0.4, 0.5) is 0 Å². The Hall–Kier alpha value is -4.41. The number of likely N-dealkylation sites (tertiary alicyclic amines) is 1. The SMILES string of the molecule is C[C@@H]1C(=O)N(C(C(=O)OCc2ccccc2)=P(c2ccccc2)(c2ccccc2)c2ccccc2)C1CC(=O)O. The molecule has 0 radical (unpaired) electrons. The van der Waals surface area contributed by atoms with Crippen molar-refractivity contribution < 1.29 is 24.2 Å². The first-order valence-electron chi connectivity index (χ1n) is 13.1. The number of carbonyl (C=O) groups excluding carboxylic acids is 2. The average molecular weight is 552 g/mol. The second kappa shape index (κ2) is 11.8. The van der Waals surface area contributed by atoms with Gasteiger partial charge in [-0.15, -0.1) is 0 Å². The highest BCUT2D eigenvalue weighted by Crippen LogP contribution is 2.49. The van der Waals surface area contributed by atoms with Crippen molar-refractivity contribution in [2.45, 2.75) is 26.0 Å². The van der Waals surface area contributed by atoms with Crippen LogP contribution in [-0.2, 0) is 25.7 Å². The van der Waals surface area contributed by atoms with Gasteiger partial charge >= 0.3 is 11.9 Å². The van der Waals surface area contributed by atoms with E-state index >= 15 is 0 Å². The van der Waals surface area contributed by atoms with Gasteiger partial charge in [0, 0.05) is 6.89 Å². The highest BCUT2D eigenvalue weighted by Gasteiger charge is 2.52. The van der Waals surface area contributed by atoms with Crippen LogP contribution in [0.3, 0.4) is 0 Å². The Morgan fingerprint density at radius 3 is 1.60 bits per heavy atom. The average Bonchev–Trinajstić information content (AvgIpc) is 3.01. The molecule has 1 aliphatic heterocycles. The molecule has 0 saturated carbocycles. The topological polar surface area (TPSA) is 83.9 Å². The Morgan fingerprint density at radius 2 is 1.18 bits per heavy atom. The Morgan fingerprint density at radius 1 is 0.750 bits per heavy atom. The predicted molar refractivity (Wildman–Crippen MR) is 158 cm³/mol. The lowest BCUT2D eigenvalue weighted by atomic mass is 9.87. The van der Waals surface area contributed by atoms with Gasteiger partial charge in [-0.1, -0.05) is 128 Å². The summed E-state index contributed by atoms with van der Waals surface area (Å²) in [7, 11) is 0. The molecule has 1 aliphatic rings. The van der Waals surface area contributed by atoms with Crippen molar-refractivity contribution in [1.82, 2.24) is 4.90 Å². The summed E-state index contributed by atoms with van der Waals surface area (Å²) >= 11 is 0. The lowest BCUT2D eigenvalue weighted by molar-refractivity contribution is -0.154. The number of β-lactam (4-membered cyclic amide) rings is 1. The van der Waals surface area contributed by atoms with Crippen LogP contribution in [0.25, 0.3) is 0 Å². The van der Waals surface area contributed by atoms with E-state index < -0.39 is 30.8 Å². The summed E-state index contributed by atoms with van der Waals surface area (Å²) in [6.07, 6.45) is -0.277. The Bertz CT molecular complexity index is 1450. The lowest BCUT2D eigenvalue weighted by Gasteiger charge is -2.48. The molecule has 1 N–H and O–H groups in total. The maximum atomic E-state index is 14.4. The van der Waals surface area contributed by atoms with Crippen LogP contribution in [-0.4, -0.2) is 39.3 Å². The third kappa shape index (κ3) is 4.99. The minimum atomic E-state index is -3.05. The summed E-state index contributed by atoms with van der Waals surface area (Å²) in [5, 5.41) is 12.3. The van der Waals surface area contributed by atoms with Gasteiger partial charge in [-0.2, -0.15) is 0 Å². The molecule has 0 aliphatic carbocycles. The molecule has 7 heteroatoms. The number of carbonyl (C=O) groups is 3. The molecule has 40 heavy (non-hydrogen) atoms. The number of aliphatic carboxylic acids is 1. The maximum absolute atomic E-state index is 14.4. The van der Waals surface area contributed by atoms with Crippen molar-refractivity contribution in [3.8, 4) is 0 Å². The molecule has 5 rings (SSSR count). The zero-order valence-corrected chi connectivity index (χ0v) is 23.0. The standard InChI is InChI=1S/C33H30NO5P/c1-24-29(22-30(35)36)34(31(24)37)32(33(38)39-23-25-14-6-2-7-15-25)40(26-16-8-3-9-17-26,27-18-10-4-11-19-27)28-20-12-5-13-21-28/h2-21,24,29H,22-23H2,1H3,(H,35,36)/t24-,29?/m0/s1. The number of rotatable bonds is 9. The molecule has 0 aromatic heterocycles. The van der Waals surface area contributed by atoms with E-state index in [1.807, 2.05) is 121 Å². The molecule has 1 unspecified atom stereocenters. The summed E-state index contributed by atoms with van der Waals surface area (Å²) in [6, 6.07) is 37.7. The maximum Gasteiger partial charge on any atom is 0.356 e. The number of ether oxygens (including phenoxy) is 1. The third-order valence-electron chi connectivity index (χ3n) is 7.29. The predicted octanol–water partition coefficient (Wildman–Crippen LogP) is 4.18. The van der Waals surface area contributed by atoms with Gasteiger partial charge in [-0.05, 0) is 21.5 Å². The van der Waals surface area contributed by atoms with Gasteiger partial charge in [0.2, 0.25) is 5.91 Å². The molecule has 202 valence electrons. The van der Waals surface area contributed by atoms with E-state index in [1.165, 1.54) is 4.90 Å². The van der Waals surface area contributed by atoms with Crippen molar-refractivity contribution in [3.63, 3.8) is 0 Å². The van der Waals surface area contributed by atoms with Crippen molar-refractivity contribution in [3.05, 3.63) is 127 Å². The van der Waals surface area contributed by atoms with Gasteiger partial charge < -0.3 is 14.7 Å². The fraction of sp³-hybridized carbons (Fsp3) is 0.152. The van der Waals surface area contributed by atoms with Gasteiger partial charge in [0.1, 0.15) is 12.0 Å². The molecule has 0 spiro atoms. The van der Waals surface area contributed by atoms with Crippen LogP contribution in [0.15, 0.2) is 121 Å². The smallest absolute Gasteiger partial charge is 0.356 e. The van der Waals surface area contributed by atoms with E-state index in [9.17, 15) is 19.5 Å². The number of esters is 1. The van der Waals surface area contributed by atoms with Crippen molar-refractivity contribution in [1.29, 1.82) is 0 Å². The first-order valence-corrected chi connectivity index (χ1v) is 14.9. The largest absolute Gasteiger partial charge is 0.481 e. The summed E-state index contributed by atoms with van der Waals surface area (Å²) in [4.78, 5) is 41.4. The molecule has 1 amide bonds. The van der Waals surface area contributed by atoms with E-state index in [1.54, 1.807) is 6.92 Å². The number of hydrogen-bond donors (Lipinski definition) is 1. The van der Waals surface area contributed by atoms with Crippen LogP contribution < -0.4 is 15.9 Å². The monoisotopic (exact) mass is 551 g/mol. The second-order valence-electron chi connectivity index (χ2n) is 9.72. The molecule has 1 saturated heterocycles. The highest BCUT2D eigenvalue weighted by molar-refractivity contribution is 7.96. The fourth-order valence-electron chi connectivity index (χ4n) is 5.35. The van der Waals surface area contributed by atoms with Crippen molar-refractivity contribution in [2.75, 3.05) is 0 Å². The van der Waals surface area contributed by atoms with Crippen LogP contribution in [0, 0.1) is 5.92 Å². The minimum Gasteiger partial charge on any atom is -0.481 e. The Balaban J connectivity index is 1.87. The van der Waals surface area contributed by atoms with E-state index in [0.717, 1.165) is 21.5 Å². The first kappa shape index (κ1) is 27.2. The number of carboxylic acid groups (broad SMARTS) is 1. The van der Waals surface area contributed by atoms with E-state index in [0.29, 0.717) is 0 Å². The van der Waals surface area contributed by atoms with E-state index in [4.69, 9.17) is 4.74 Å². The molecule has 4 aromatic carbocycles. The summed E-state index contributed by atoms with van der Waals surface area (Å²) < 4.78 is 5.96. The molecule has 0 bridgehead atoms. The van der Waals surface area contributed by atoms with Gasteiger partial charge in [0.05, 0.1) is 18.4 Å². The molecule has 1 fully saturated rings. The normalized spacial score (nSPS) is 16.6. The van der Waals surface area contributed by atoms with Gasteiger partial charge in [0.15, 0.2) is 0 Å². The second-order valence-corrected chi connectivity index (χ2v) is 13.0. The molecule has 2 atom stereocenters. The minimum absolute atomic E-state index is 0.0166. The number of benzene rings is 4. The summed E-state index contributed by atoms with van der Waals surface area (Å²) in [6.45, 7) is -1.32. The zero-order valence-electron chi connectivity index (χ0n) is 22.1. The Kier molecular flexibility index (Phi) is 7.99. The lowest BCUT2D eigenvalue weighted by Crippen LogP contribution is -2.65. The van der Waals surface area contributed by atoms with Crippen molar-refractivity contribution in [2.24, 2.45) is 5.92 Å². The van der Waals surface area contributed by atoms with Crippen LogP contribution in [0.2, 0.25) is 0 Å². The third-order valence-corrected chi connectivity index (χ3v) is 11.5. The molecular weight excluding hydrogens is 521 g/mol. The molecule has 4 aromatic rings. The zero-order chi connectivity index (χ0) is 28.1. The van der Waals surface area contributed by atoms with Gasteiger partial charge in [-0.3, -0.25) is 9.59 Å². The van der Waals surface area contributed by atoms with Crippen LogP contribution >= 0.6 is 6.89 Å². The van der Waals surface area contributed by atoms with E-state index in [2.05, 4.69) is 0 Å². The molecular formula is C33H30NO5P. The molecule has 6 nitrogen and oxygen atoms in total. The quantitative estimate of drug-likeness (QED) is 0.192. The number of nitrogens with zero attached hydrogens (tertiary/aromatic N) is 1. The number of amides is 1.